The lowest BCUT2D eigenvalue weighted by Crippen LogP contribution is -2.40. The van der Waals surface area contributed by atoms with Gasteiger partial charge in [0, 0.05) is 7.11 Å². The minimum atomic E-state index is 0.00571. The van der Waals surface area contributed by atoms with Crippen LogP contribution in [0.25, 0.3) is 0 Å². The van der Waals surface area contributed by atoms with E-state index in [9.17, 15) is 0 Å². The molecule has 1 aromatic carbocycles. The molecular formula is C16H28N2O. The van der Waals surface area contributed by atoms with Crippen molar-refractivity contribution >= 4 is 0 Å². The second-order valence-electron chi connectivity index (χ2n) is 6.29. The van der Waals surface area contributed by atoms with Gasteiger partial charge in [-0.2, -0.15) is 0 Å². The molecule has 3 heteroatoms. The third-order valence-corrected chi connectivity index (χ3v) is 3.40. The molecule has 0 aliphatic carbocycles. The Morgan fingerprint density at radius 1 is 1.21 bits per heavy atom. The molecule has 0 heterocycles. The zero-order valence-corrected chi connectivity index (χ0v) is 12.6. The highest BCUT2D eigenvalue weighted by Gasteiger charge is 2.22. The number of hydrogen-bond donors (Lipinski definition) is 2. The summed E-state index contributed by atoms with van der Waals surface area (Å²) in [4.78, 5) is 0. The van der Waals surface area contributed by atoms with Crippen molar-refractivity contribution in [3.8, 4) is 0 Å². The van der Waals surface area contributed by atoms with Crippen molar-refractivity contribution in [1.29, 1.82) is 0 Å². The summed E-state index contributed by atoms with van der Waals surface area (Å²) in [5.41, 5.74) is 4.45. The van der Waals surface area contributed by atoms with Crippen LogP contribution >= 0.6 is 0 Å². The first-order valence-corrected chi connectivity index (χ1v) is 7.02. The first-order valence-electron chi connectivity index (χ1n) is 7.02. The zero-order valence-electron chi connectivity index (χ0n) is 12.6. The van der Waals surface area contributed by atoms with Crippen molar-refractivity contribution < 1.29 is 4.74 Å². The topological polar surface area (TPSA) is 47.3 Å². The third-order valence-electron chi connectivity index (χ3n) is 3.40. The monoisotopic (exact) mass is 264 g/mol. The molecule has 19 heavy (non-hydrogen) atoms. The first kappa shape index (κ1) is 16.2. The SMILES string of the molecule is COC(c1ccccc1)C(CCCC(C)(C)C)NN. The van der Waals surface area contributed by atoms with Gasteiger partial charge in [-0.05, 0) is 23.8 Å². The van der Waals surface area contributed by atoms with E-state index < -0.39 is 0 Å². The Bertz CT molecular complexity index is 346. The maximum absolute atomic E-state index is 5.71. The fourth-order valence-electron chi connectivity index (χ4n) is 2.35. The molecule has 0 spiro atoms. The summed E-state index contributed by atoms with van der Waals surface area (Å²) < 4.78 is 5.63. The quantitative estimate of drug-likeness (QED) is 0.586. The minimum Gasteiger partial charge on any atom is -0.375 e. The van der Waals surface area contributed by atoms with Gasteiger partial charge in [-0.3, -0.25) is 11.3 Å². The number of methoxy groups -OCH3 is 1. The number of hydrogen-bond acceptors (Lipinski definition) is 3. The normalized spacial score (nSPS) is 15.2. The second-order valence-corrected chi connectivity index (χ2v) is 6.29. The standard InChI is InChI=1S/C16H28N2O/c1-16(2,3)12-8-11-14(18-17)15(19-4)13-9-6-5-7-10-13/h5-7,9-10,14-15,18H,8,11-12,17H2,1-4H3. The number of rotatable bonds is 7. The Morgan fingerprint density at radius 2 is 1.84 bits per heavy atom. The van der Waals surface area contributed by atoms with Crippen molar-refractivity contribution in [2.24, 2.45) is 11.3 Å². The van der Waals surface area contributed by atoms with Crippen LogP contribution in [0.1, 0.15) is 51.7 Å². The van der Waals surface area contributed by atoms with E-state index in [4.69, 9.17) is 10.6 Å². The van der Waals surface area contributed by atoms with Crippen LogP contribution in [0, 0.1) is 5.41 Å². The fraction of sp³-hybridized carbons (Fsp3) is 0.625. The van der Waals surface area contributed by atoms with Crippen LogP contribution in [0.15, 0.2) is 30.3 Å². The molecule has 0 bridgehead atoms. The highest BCUT2D eigenvalue weighted by Crippen LogP contribution is 2.26. The molecule has 3 nitrogen and oxygen atoms in total. The number of nitrogens with two attached hydrogens (primary N) is 1. The van der Waals surface area contributed by atoms with Crippen LogP contribution in [0.3, 0.4) is 0 Å². The molecule has 0 aliphatic heterocycles. The minimum absolute atomic E-state index is 0.00571. The molecule has 0 aromatic heterocycles. The summed E-state index contributed by atoms with van der Waals surface area (Å²) in [5, 5.41) is 0. The number of benzene rings is 1. The van der Waals surface area contributed by atoms with Gasteiger partial charge in [-0.15, -0.1) is 0 Å². The van der Waals surface area contributed by atoms with Gasteiger partial charge < -0.3 is 4.74 Å². The highest BCUT2D eigenvalue weighted by atomic mass is 16.5. The van der Waals surface area contributed by atoms with Crippen molar-refractivity contribution in [1.82, 2.24) is 5.43 Å². The molecule has 1 rings (SSSR count). The van der Waals surface area contributed by atoms with Crippen molar-refractivity contribution in [2.45, 2.75) is 52.2 Å². The first-order chi connectivity index (χ1) is 8.98. The molecule has 0 aliphatic rings. The van der Waals surface area contributed by atoms with E-state index in [0.717, 1.165) is 12.8 Å². The molecule has 0 saturated carbocycles. The lowest BCUT2D eigenvalue weighted by molar-refractivity contribution is 0.0631. The Hall–Kier alpha value is -0.900. The van der Waals surface area contributed by atoms with E-state index >= 15 is 0 Å². The van der Waals surface area contributed by atoms with Gasteiger partial charge in [0.2, 0.25) is 0 Å². The van der Waals surface area contributed by atoms with E-state index in [1.165, 1.54) is 12.0 Å². The maximum atomic E-state index is 5.71. The largest absolute Gasteiger partial charge is 0.375 e. The zero-order chi connectivity index (χ0) is 14.3. The van der Waals surface area contributed by atoms with Gasteiger partial charge in [0.15, 0.2) is 0 Å². The molecule has 1 aromatic rings. The number of ether oxygens (including phenoxy) is 1. The van der Waals surface area contributed by atoms with Gasteiger partial charge in [0.25, 0.3) is 0 Å². The predicted octanol–water partition coefficient (Wildman–Crippen LogP) is 3.42. The lowest BCUT2D eigenvalue weighted by Gasteiger charge is -2.27. The van der Waals surface area contributed by atoms with Crippen LogP contribution in [-0.4, -0.2) is 13.2 Å². The third kappa shape index (κ3) is 5.72. The average Bonchev–Trinajstić information content (AvgIpc) is 2.37. The van der Waals surface area contributed by atoms with E-state index in [-0.39, 0.29) is 12.1 Å². The van der Waals surface area contributed by atoms with E-state index in [1.807, 2.05) is 18.2 Å². The number of nitrogens with one attached hydrogen (secondary N) is 1. The molecule has 2 unspecified atom stereocenters. The molecule has 3 N–H and O–H groups in total. The van der Waals surface area contributed by atoms with Crippen molar-refractivity contribution in [3.05, 3.63) is 35.9 Å². The Morgan fingerprint density at radius 3 is 2.32 bits per heavy atom. The van der Waals surface area contributed by atoms with Gasteiger partial charge in [0.05, 0.1) is 12.1 Å². The summed E-state index contributed by atoms with van der Waals surface area (Å²) in [6.07, 6.45) is 3.36. The summed E-state index contributed by atoms with van der Waals surface area (Å²) in [6.45, 7) is 6.80. The lowest BCUT2D eigenvalue weighted by atomic mass is 9.88. The summed E-state index contributed by atoms with van der Waals surface area (Å²) in [5.74, 6) is 5.71. The molecule has 0 amide bonds. The van der Waals surface area contributed by atoms with Crippen LogP contribution in [-0.2, 0) is 4.74 Å². The van der Waals surface area contributed by atoms with E-state index in [0.29, 0.717) is 5.41 Å². The Balaban J connectivity index is 2.61. The van der Waals surface area contributed by atoms with E-state index in [2.05, 4.69) is 38.3 Å². The highest BCUT2D eigenvalue weighted by molar-refractivity contribution is 5.19. The van der Waals surface area contributed by atoms with Gasteiger partial charge >= 0.3 is 0 Å². The van der Waals surface area contributed by atoms with Gasteiger partial charge in [-0.1, -0.05) is 57.5 Å². The molecule has 0 fully saturated rings. The smallest absolute Gasteiger partial charge is 0.0987 e. The van der Waals surface area contributed by atoms with Gasteiger partial charge in [0.1, 0.15) is 0 Å². The summed E-state index contributed by atoms with van der Waals surface area (Å²) in [7, 11) is 1.74. The van der Waals surface area contributed by atoms with E-state index in [1.54, 1.807) is 7.11 Å². The summed E-state index contributed by atoms with van der Waals surface area (Å²) >= 11 is 0. The Kier molecular flexibility index (Phi) is 6.49. The van der Waals surface area contributed by atoms with Gasteiger partial charge in [-0.25, -0.2) is 0 Å². The van der Waals surface area contributed by atoms with Crippen molar-refractivity contribution in [3.63, 3.8) is 0 Å². The van der Waals surface area contributed by atoms with Crippen LogP contribution < -0.4 is 11.3 Å². The molecule has 2 atom stereocenters. The second kappa shape index (κ2) is 7.63. The molecular weight excluding hydrogens is 236 g/mol. The maximum Gasteiger partial charge on any atom is 0.0987 e. The molecule has 0 saturated heterocycles. The van der Waals surface area contributed by atoms with Crippen LogP contribution in [0.2, 0.25) is 0 Å². The van der Waals surface area contributed by atoms with Crippen LogP contribution in [0.4, 0.5) is 0 Å². The Labute approximate surface area is 117 Å². The average molecular weight is 264 g/mol. The van der Waals surface area contributed by atoms with Crippen molar-refractivity contribution in [2.75, 3.05) is 7.11 Å². The molecule has 108 valence electrons. The van der Waals surface area contributed by atoms with Crippen LogP contribution in [0.5, 0.6) is 0 Å². The number of hydrazine groups is 1. The predicted molar refractivity (Wildman–Crippen MR) is 80.6 cm³/mol. The molecule has 0 radical (unpaired) electrons. The summed E-state index contributed by atoms with van der Waals surface area (Å²) in [6, 6.07) is 10.4. The fourth-order valence-corrected chi connectivity index (χ4v) is 2.35.